The maximum atomic E-state index is 12.7. The Morgan fingerprint density at radius 1 is 1.41 bits per heavy atom. The van der Waals surface area contributed by atoms with E-state index in [1.807, 2.05) is 13.0 Å². The molecular formula is C16H16ClNO4. The van der Waals surface area contributed by atoms with Crippen LogP contribution in [-0.2, 0) is 11.3 Å². The topological polar surface area (TPSA) is 51.9 Å². The molecule has 0 fully saturated rings. The number of anilines is 1. The summed E-state index contributed by atoms with van der Waals surface area (Å²) in [6.45, 7) is 2.66. The number of ether oxygens (including phenoxy) is 2. The Bertz CT molecular complexity index is 697. The molecule has 0 N–H and O–H groups in total. The van der Waals surface area contributed by atoms with Crippen LogP contribution in [0, 0.1) is 0 Å². The van der Waals surface area contributed by atoms with E-state index in [1.165, 1.54) is 0 Å². The molecule has 1 atom stereocenters. The summed E-state index contributed by atoms with van der Waals surface area (Å²) >= 11 is 6.17. The van der Waals surface area contributed by atoms with Gasteiger partial charge in [0, 0.05) is 7.11 Å². The van der Waals surface area contributed by atoms with Crippen molar-refractivity contribution in [2.24, 2.45) is 0 Å². The van der Waals surface area contributed by atoms with Gasteiger partial charge >= 0.3 is 0 Å². The van der Waals surface area contributed by atoms with Crippen molar-refractivity contribution in [3.8, 4) is 5.75 Å². The quantitative estimate of drug-likeness (QED) is 0.868. The number of benzene rings is 1. The zero-order valence-corrected chi connectivity index (χ0v) is 13.1. The van der Waals surface area contributed by atoms with Crippen LogP contribution in [0.25, 0.3) is 0 Å². The van der Waals surface area contributed by atoms with Gasteiger partial charge in [-0.25, -0.2) is 0 Å². The number of furan rings is 1. The molecular weight excluding hydrogens is 306 g/mol. The van der Waals surface area contributed by atoms with Crippen LogP contribution in [-0.4, -0.2) is 25.7 Å². The van der Waals surface area contributed by atoms with E-state index in [9.17, 15) is 4.79 Å². The number of carbonyl (C=O) groups excluding carboxylic acids is 1. The third-order valence-corrected chi connectivity index (χ3v) is 3.70. The minimum absolute atomic E-state index is 0.148. The molecule has 3 rings (SSSR count). The van der Waals surface area contributed by atoms with Crippen LogP contribution in [0.15, 0.2) is 34.7 Å². The maximum absolute atomic E-state index is 12.7. The summed E-state index contributed by atoms with van der Waals surface area (Å²) in [6.07, 6.45) is -0.148. The molecule has 2 aromatic rings. The van der Waals surface area contributed by atoms with Crippen molar-refractivity contribution in [3.05, 3.63) is 46.9 Å². The van der Waals surface area contributed by atoms with E-state index < -0.39 is 0 Å². The summed E-state index contributed by atoms with van der Waals surface area (Å²) in [7, 11) is 1.58. The van der Waals surface area contributed by atoms with Crippen LogP contribution in [0.5, 0.6) is 5.75 Å². The van der Waals surface area contributed by atoms with Crippen molar-refractivity contribution in [2.45, 2.75) is 19.6 Å². The Morgan fingerprint density at radius 2 is 2.23 bits per heavy atom. The molecule has 116 valence electrons. The molecule has 0 spiro atoms. The van der Waals surface area contributed by atoms with Crippen molar-refractivity contribution in [2.75, 3.05) is 18.6 Å². The van der Waals surface area contributed by atoms with Crippen molar-refractivity contribution < 1.29 is 18.7 Å². The fourth-order valence-electron chi connectivity index (χ4n) is 2.46. The van der Waals surface area contributed by atoms with Crippen molar-refractivity contribution >= 4 is 23.2 Å². The Labute approximate surface area is 133 Å². The van der Waals surface area contributed by atoms with Gasteiger partial charge < -0.3 is 13.9 Å². The third-order valence-electron chi connectivity index (χ3n) is 3.40. The lowest BCUT2D eigenvalue weighted by molar-refractivity contribution is 0.0926. The molecule has 5 nitrogen and oxygen atoms in total. The van der Waals surface area contributed by atoms with Gasteiger partial charge in [0.1, 0.15) is 18.5 Å². The van der Waals surface area contributed by atoms with Gasteiger partial charge in [0.15, 0.2) is 11.5 Å². The predicted molar refractivity (Wildman–Crippen MR) is 82.6 cm³/mol. The summed E-state index contributed by atoms with van der Waals surface area (Å²) in [4.78, 5) is 14.4. The first-order valence-electron chi connectivity index (χ1n) is 6.95. The van der Waals surface area contributed by atoms with Crippen molar-refractivity contribution in [3.63, 3.8) is 0 Å². The van der Waals surface area contributed by atoms with Crippen LogP contribution in [0.1, 0.15) is 23.2 Å². The second-order valence-electron chi connectivity index (χ2n) is 5.13. The average molecular weight is 322 g/mol. The lowest BCUT2D eigenvalue weighted by Gasteiger charge is -2.33. The van der Waals surface area contributed by atoms with E-state index in [0.29, 0.717) is 35.4 Å². The highest BCUT2D eigenvalue weighted by Crippen LogP contribution is 2.39. The largest absolute Gasteiger partial charge is 0.485 e. The SMILES string of the molecule is COCc1ccc(C(=O)N2CC(C)Oc3c(Cl)cccc32)o1. The van der Waals surface area contributed by atoms with Gasteiger partial charge in [-0.2, -0.15) is 0 Å². The molecule has 0 radical (unpaired) electrons. The molecule has 1 amide bonds. The third kappa shape index (κ3) is 2.69. The number of nitrogens with zero attached hydrogens (tertiary/aromatic N) is 1. The minimum atomic E-state index is -0.221. The number of hydrogen-bond donors (Lipinski definition) is 0. The first-order valence-corrected chi connectivity index (χ1v) is 7.32. The van der Waals surface area contributed by atoms with E-state index in [-0.39, 0.29) is 17.8 Å². The van der Waals surface area contributed by atoms with E-state index in [4.69, 9.17) is 25.5 Å². The highest BCUT2D eigenvalue weighted by atomic mass is 35.5. The van der Waals surface area contributed by atoms with Gasteiger partial charge in [-0.3, -0.25) is 9.69 Å². The molecule has 1 aliphatic heterocycles. The fraction of sp³-hybridized carbons (Fsp3) is 0.312. The summed E-state index contributed by atoms with van der Waals surface area (Å²) in [6, 6.07) is 8.73. The predicted octanol–water partition coefficient (Wildman–Crippen LogP) is 3.51. The van der Waals surface area contributed by atoms with Crippen LogP contribution >= 0.6 is 11.6 Å². The smallest absolute Gasteiger partial charge is 0.294 e. The molecule has 1 aliphatic rings. The Balaban J connectivity index is 1.94. The van der Waals surface area contributed by atoms with Crippen LogP contribution in [0.2, 0.25) is 5.02 Å². The van der Waals surface area contributed by atoms with Gasteiger partial charge in [0.2, 0.25) is 0 Å². The molecule has 0 aliphatic carbocycles. The van der Waals surface area contributed by atoms with Gasteiger partial charge in [-0.05, 0) is 31.2 Å². The number of rotatable bonds is 3. The number of methoxy groups -OCH3 is 1. The van der Waals surface area contributed by atoms with Gasteiger partial charge in [-0.15, -0.1) is 0 Å². The van der Waals surface area contributed by atoms with E-state index >= 15 is 0 Å². The standard InChI is InChI=1S/C16H16ClNO4/c1-10-8-18(13-5-3-4-12(17)15(13)21-10)16(19)14-7-6-11(22-14)9-20-2/h3-7,10H,8-9H2,1-2H3. The molecule has 0 bridgehead atoms. The highest BCUT2D eigenvalue weighted by molar-refractivity contribution is 6.32. The lowest BCUT2D eigenvalue weighted by atomic mass is 10.2. The fourth-order valence-corrected chi connectivity index (χ4v) is 2.67. The number of halogens is 1. The Hall–Kier alpha value is -1.98. The monoisotopic (exact) mass is 321 g/mol. The van der Waals surface area contributed by atoms with Crippen LogP contribution in [0.3, 0.4) is 0 Å². The molecule has 6 heteroatoms. The van der Waals surface area contributed by atoms with Crippen LogP contribution < -0.4 is 9.64 Å². The molecule has 0 saturated heterocycles. The molecule has 1 aromatic carbocycles. The van der Waals surface area contributed by atoms with Crippen molar-refractivity contribution in [1.29, 1.82) is 0 Å². The number of para-hydroxylation sites is 1. The van der Waals surface area contributed by atoms with Crippen molar-refractivity contribution in [1.82, 2.24) is 0 Å². The number of hydrogen-bond acceptors (Lipinski definition) is 4. The van der Waals surface area contributed by atoms with E-state index in [0.717, 1.165) is 0 Å². The van der Waals surface area contributed by atoms with E-state index in [2.05, 4.69) is 0 Å². The highest BCUT2D eigenvalue weighted by Gasteiger charge is 2.31. The summed E-state index contributed by atoms with van der Waals surface area (Å²) in [5.41, 5.74) is 0.653. The summed E-state index contributed by atoms with van der Waals surface area (Å²) < 4.78 is 16.3. The second kappa shape index (κ2) is 6.02. The molecule has 1 unspecified atom stereocenters. The number of fused-ring (bicyclic) bond motifs is 1. The molecule has 1 aromatic heterocycles. The Kier molecular flexibility index (Phi) is 4.09. The summed E-state index contributed by atoms with van der Waals surface area (Å²) in [5.74, 6) is 1.19. The normalized spacial score (nSPS) is 17.0. The average Bonchev–Trinajstić information content (AvgIpc) is 2.96. The second-order valence-corrected chi connectivity index (χ2v) is 5.54. The van der Waals surface area contributed by atoms with Crippen LogP contribution in [0.4, 0.5) is 5.69 Å². The number of amides is 1. The minimum Gasteiger partial charge on any atom is -0.485 e. The van der Waals surface area contributed by atoms with E-state index in [1.54, 1.807) is 36.3 Å². The Morgan fingerprint density at radius 3 is 3.00 bits per heavy atom. The van der Waals surface area contributed by atoms with Gasteiger partial charge in [0.25, 0.3) is 5.91 Å². The first-order chi connectivity index (χ1) is 10.6. The zero-order valence-electron chi connectivity index (χ0n) is 12.3. The van der Waals surface area contributed by atoms with Gasteiger partial charge in [-0.1, -0.05) is 17.7 Å². The van der Waals surface area contributed by atoms with Gasteiger partial charge in [0.05, 0.1) is 17.3 Å². The molecule has 2 heterocycles. The number of carbonyl (C=O) groups is 1. The summed E-state index contributed by atoms with van der Waals surface area (Å²) in [5, 5.41) is 0.487. The molecule has 22 heavy (non-hydrogen) atoms. The first kappa shape index (κ1) is 14.9. The lowest BCUT2D eigenvalue weighted by Crippen LogP contribution is -2.42. The molecule has 0 saturated carbocycles. The zero-order chi connectivity index (χ0) is 15.7. The maximum Gasteiger partial charge on any atom is 0.294 e.